The van der Waals surface area contributed by atoms with Gasteiger partial charge in [-0.1, -0.05) is 59.8 Å². The zero-order valence-corrected chi connectivity index (χ0v) is 27.1. The van der Waals surface area contributed by atoms with E-state index in [9.17, 15) is 9.59 Å². The first-order valence-corrected chi connectivity index (χ1v) is 16.3. The molecule has 1 atom stereocenters. The molecule has 5 aromatic rings. The Kier molecular flexibility index (Phi) is 8.77. The number of ether oxygens (including phenoxy) is 1. The van der Waals surface area contributed by atoms with E-state index in [1.807, 2.05) is 59.5 Å². The lowest BCUT2D eigenvalue weighted by Crippen LogP contribution is -2.49. The van der Waals surface area contributed by atoms with E-state index >= 15 is 4.39 Å². The number of likely N-dealkylation sites (N-methyl/N-ethyl adjacent to an activating group) is 1. The topological polar surface area (TPSA) is 99.6 Å². The minimum Gasteiger partial charge on any atom is -0.496 e. The molecule has 1 fully saturated rings. The van der Waals surface area contributed by atoms with Crippen molar-refractivity contribution < 1.29 is 18.7 Å². The van der Waals surface area contributed by atoms with E-state index in [0.29, 0.717) is 55.0 Å². The molecule has 2 aliphatic heterocycles. The lowest BCUT2D eigenvalue weighted by Gasteiger charge is -2.39. The molecular formula is C37H38FN7O3. The lowest BCUT2D eigenvalue weighted by atomic mass is 9.93. The van der Waals surface area contributed by atoms with E-state index in [-0.39, 0.29) is 36.3 Å². The van der Waals surface area contributed by atoms with E-state index in [1.165, 1.54) is 0 Å². The fourth-order valence-electron chi connectivity index (χ4n) is 6.83. The second kappa shape index (κ2) is 13.4. The van der Waals surface area contributed by atoms with Crippen LogP contribution in [0.2, 0.25) is 0 Å². The van der Waals surface area contributed by atoms with Crippen LogP contribution in [0.25, 0.3) is 27.6 Å². The van der Waals surface area contributed by atoms with Gasteiger partial charge < -0.3 is 19.5 Å². The van der Waals surface area contributed by atoms with Crippen LogP contribution in [0.1, 0.15) is 40.5 Å². The molecule has 0 radical (unpaired) electrons. The normalized spacial score (nSPS) is 17.1. The number of aromatic amines is 1. The molecule has 7 rings (SSSR count). The maximum absolute atomic E-state index is 16.7. The average Bonchev–Trinajstić information content (AvgIpc) is 3.83. The van der Waals surface area contributed by atoms with Crippen LogP contribution in [-0.2, 0) is 11.3 Å². The largest absolute Gasteiger partial charge is 0.496 e. The summed E-state index contributed by atoms with van der Waals surface area (Å²) in [4.78, 5) is 36.3. The highest BCUT2D eigenvalue weighted by Crippen LogP contribution is 2.40. The first-order valence-electron chi connectivity index (χ1n) is 16.3. The van der Waals surface area contributed by atoms with Crippen molar-refractivity contribution in [3.8, 4) is 16.9 Å². The molecule has 0 bridgehead atoms. The number of nitrogens with one attached hydrogen (secondary N) is 1. The summed E-state index contributed by atoms with van der Waals surface area (Å²) in [6.07, 6.45) is 6.17. The zero-order valence-electron chi connectivity index (χ0n) is 27.1. The van der Waals surface area contributed by atoms with Crippen LogP contribution in [0.4, 0.5) is 4.39 Å². The Balaban J connectivity index is 1.24. The fraction of sp³-hybridized carbons (Fsp3) is 0.297. The molecule has 0 aliphatic carbocycles. The van der Waals surface area contributed by atoms with E-state index in [0.717, 1.165) is 28.8 Å². The van der Waals surface area contributed by atoms with Crippen LogP contribution in [0.15, 0.2) is 85.2 Å². The molecule has 48 heavy (non-hydrogen) atoms. The third-order valence-electron chi connectivity index (χ3n) is 9.48. The van der Waals surface area contributed by atoms with Gasteiger partial charge >= 0.3 is 0 Å². The third kappa shape index (κ3) is 6.09. The first kappa shape index (κ1) is 31.3. The average molecular weight is 648 g/mol. The number of hydrogen-bond donors (Lipinski definition) is 1. The van der Waals surface area contributed by atoms with Gasteiger partial charge in [-0.15, -0.1) is 5.10 Å². The number of nitrogens with zero attached hydrogens (tertiary/aromatic N) is 6. The lowest BCUT2D eigenvalue weighted by molar-refractivity contribution is -0.131. The van der Waals surface area contributed by atoms with Gasteiger partial charge in [0.2, 0.25) is 5.91 Å². The van der Waals surface area contributed by atoms with Crippen LogP contribution in [0.5, 0.6) is 5.75 Å². The molecular weight excluding hydrogens is 609 g/mol. The summed E-state index contributed by atoms with van der Waals surface area (Å²) >= 11 is 0. The van der Waals surface area contributed by atoms with Crippen LogP contribution in [0, 0.1) is 5.82 Å². The van der Waals surface area contributed by atoms with Gasteiger partial charge in [-0.3, -0.25) is 19.2 Å². The standard InChI is InChI=1S/C37H38FN7O3/c1-42-19-20-44(24-32(42)25-9-4-3-5-10-25)37(47)31-22-30-29(27-12-6-7-13-33(27)48-2)21-28(35(38)36(30)40-31)26-11-8-16-43(23-26)34(46)14-17-45-18-15-39-41-45/h3-7,9-13,15,18,21-22,32,40H,8,14,16-17,19-20,23-24H2,1-2H3. The number of methoxy groups -OCH3 is 1. The van der Waals surface area contributed by atoms with Crippen molar-refractivity contribution in [3.63, 3.8) is 0 Å². The van der Waals surface area contributed by atoms with Gasteiger partial charge in [0.05, 0.1) is 31.4 Å². The number of aromatic nitrogens is 4. The number of carbonyl (C=O) groups is 2. The Morgan fingerprint density at radius 3 is 2.58 bits per heavy atom. The van der Waals surface area contributed by atoms with E-state index in [4.69, 9.17) is 4.74 Å². The predicted molar refractivity (Wildman–Crippen MR) is 182 cm³/mol. The molecule has 10 nitrogen and oxygen atoms in total. The Morgan fingerprint density at radius 2 is 1.79 bits per heavy atom. The third-order valence-corrected chi connectivity index (χ3v) is 9.48. The van der Waals surface area contributed by atoms with Crippen molar-refractivity contribution in [1.29, 1.82) is 0 Å². The molecule has 2 amide bonds. The van der Waals surface area contributed by atoms with Crippen molar-refractivity contribution in [2.45, 2.75) is 25.4 Å². The first-order chi connectivity index (χ1) is 23.4. The molecule has 1 unspecified atom stereocenters. The van der Waals surface area contributed by atoms with E-state index in [2.05, 4.69) is 39.4 Å². The number of rotatable bonds is 8. The Labute approximate surface area is 278 Å². The zero-order chi connectivity index (χ0) is 33.2. The minimum absolute atomic E-state index is 0.0312. The van der Waals surface area contributed by atoms with Crippen LogP contribution >= 0.6 is 0 Å². The van der Waals surface area contributed by atoms with Crippen LogP contribution < -0.4 is 4.74 Å². The number of hydrogen-bond acceptors (Lipinski definition) is 6. The number of halogens is 1. The van der Waals surface area contributed by atoms with E-state index < -0.39 is 5.82 Å². The molecule has 4 heterocycles. The highest BCUT2D eigenvalue weighted by Gasteiger charge is 2.31. The summed E-state index contributed by atoms with van der Waals surface area (Å²) < 4.78 is 24.0. The van der Waals surface area contributed by atoms with Gasteiger partial charge in [0, 0.05) is 61.9 Å². The number of carbonyl (C=O) groups excluding carboxylic acids is 2. The molecule has 0 spiro atoms. The molecule has 2 aliphatic rings. The number of benzene rings is 3. The summed E-state index contributed by atoms with van der Waals surface area (Å²) in [6.45, 7) is 3.06. The summed E-state index contributed by atoms with van der Waals surface area (Å²) in [5.74, 6) is -0.0198. The SMILES string of the molecule is COc1ccccc1-c1cc(C2=CCCN(C(=O)CCn3ccnn3)C2)c(F)c2[nH]c(C(=O)N3CCN(C)C(c4ccccc4)C3)cc12. The van der Waals surface area contributed by atoms with Crippen LogP contribution in [0.3, 0.4) is 0 Å². The molecule has 3 aromatic carbocycles. The van der Waals surface area contributed by atoms with Gasteiger partial charge in [0.1, 0.15) is 11.4 Å². The number of fused-ring (bicyclic) bond motifs is 1. The van der Waals surface area contributed by atoms with E-state index in [1.54, 1.807) is 35.2 Å². The summed E-state index contributed by atoms with van der Waals surface area (Å²) in [5, 5.41) is 8.34. The smallest absolute Gasteiger partial charge is 0.270 e. The molecule has 1 N–H and O–H groups in total. The highest BCUT2D eigenvalue weighted by atomic mass is 19.1. The predicted octanol–water partition coefficient (Wildman–Crippen LogP) is 5.41. The Hall–Kier alpha value is -5.29. The van der Waals surface area contributed by atoms with Gasteiger partial charge in [0.15, 0.2) is 5.82 Å². The second-order valence-corrected chi connectivity index (χ2v) is 12.4. The number of H-pyrrole nitrogens is 1. The summed E-state index contributed by atoms with van der Waals surface area (Å²) in [5.41, 5.74) is 4.36. The Bertz CT molecular complexity index is 1970. The van der Waals surface area contributed by atoms with Gasteiger partial charge in [-0.2, -0.15) is 0 Å². The van der Waals surface area contributed by atoms with Crippen molar-refractivity contribution in [2.24, 2.45) is 0 Å². The molecule has 1 saturated heterocycles. The maximum atomic E-state index is 16.7. The van der Waals surface area contributed by atoms with Crippen molar-refractivity contribution in [1.82, 2.24) is 34.7 Å². The molecule has 0 saturated carbocycles. The molecule has 2 aromatic heterocycles. The maximum Gasteiger partial charge on any atom is 0.270 e. The number of para-hydroxylation sites is 1. The molecule has 246 valence electrons. The number of amides is 2. The van der Waals surface area contributed by atoms with Crippen LogP contribution in [-0.4, -0.2) is 93.4 Å². The van der Waals surface area contributed by atoms with Crippen molar-refractivity contribution in [3.05, 3.63) is 108 Å². The summed E-state index contributed by atoms with van der Waals surface area (Å²) in [6, 6.07) is 21.4. The van der Waals surface area contributed by atoms with Gasteiger partial charge in [0.25, 0.3) is 5.91 Å². The van der Waals surface area contributed by atoms with Crippen molar-refractivity contribution in [2.75, 3.05) is 46.9 Å². The highest BCUT2D eigenvalue weighted by molar-refractivity contribution is 6.05. The quantitative estimate of drug-likeness (QED) is 0.242. The Morgan fingerprint density at radius 1 is 0.979 bits per heavy atom. The second-order valence-electron chi connectivity index (χ2n) is 12.4. The minimum atomic E-state index is -0.452. The fourth-order valence-corrected chi connectivity index (χ4v) is 6.83. The van der Waals surface area contributed by atoms with Crippen molar-refractivity contribution >= 4 is 28.3 Å². The van der Waals surface area contributed by atoms with Gasteiger partial charge in [-0.25, -0.2) is 4.39 Å². The molecule has 11 heteroatoms. The summed E-state index contributed by atoms with van der Waals surface area (Å²) in [7, 11) is 3.68. The monoisotopic (exact) mass is 647 g/mol. The number of piperazine rings is 1. The van der Waals surface area contributed by atoms with Gasteiger partial charge in [-0.05, 0) is 48.4 Å². The number of aryl methyl sites for hydroxylation is 1.